The second kappa shape index (κ2) is 4.31. The van der Waals surface area contributed by atoms with Crippen LogP contribution < -0.4 is 5.32 Å². The van der Waals surface area contributed by atoms with E-state index in [-0.39, 0.29) is 5.91 Å². The van der Waals surface area contributed by atoms with E-state index in [1.807, 2.05) is 47.6 Å². The highest BCUT2D eigenvalue weighted by atomic mass is 32.1. The van der Waals surface area contributed by atoms with E-state index >= 15 is 0 Å². The Balaban J connectivity index is 1.91. The SMILES string of the molecule is Cn1ccc(CNC(=O)c2cccs2)c1. The molecule has 0 aliphatic heterocycles. The molecule has 0 atom stereocenters. The highest BCUT2D eigenvalue weighted by Gasteiger charge is 2.05. The Bertz CT molecular complexity index is 445. The summed E-state index contributed by atoms with van der Waals surface area (Å²) < 4.78 is 1.96. The number of nitrogens with one attached hydrogen (secondary N) is 1. The van der Waals surface area contributed by atoms with Gasteiger partial charge in [0.15, 0.2) is 0 Å². The summed E-state index contributed by atoms with van der Waals surface area (Å²) in [6.45, 7) is 0.581. The zero-order valence-electron chi connectivity index (χ0n) is 8.43. The van der Waals surface area contributed by atoms with Crippen molar-refractivity contribution in [3.8, 4) is 0 Å². The van der Waals surface area contributed by atoms with Crippen LogP contribution in [0.15, 0.2) is 36.0 Å². The van der Waals surface area contributed by atoms with E-state index < -0.39 is 0 Å². The number of rotatable bonds is 3. The van der Waals surface area contributed by atoms with Gasteiger partial charge in [0, 0.05) is 26.0 Å². The number of thiophene rings is 1. The summed E-state index contributed by atoms with van der Waals surface area (Å²) in [6, 6.07) is 5.70. The Labute approximate surface area is 92.4 Å². The van der Waals surface area contributed by atoms with Crippen LogP contribution in [0.5, 0.6) is 0 Å². The molecular weight excluding hydrogens is 208 g/mol. The van der Waals surface area contributed by atoms with Gasteiger partial charge < -0.3 is 9.88 Å². The standard InChI is InChI=1S/C11H12N2OS/c1-13-5-4-9(8-13)7-12-11(14)10-3-2-6-15-10/h2-6,8H,7H2,1H3,(H,12,14). The molecule has 0 bridgehead atoms. The van der Waals surface area contributed by atoms with Crippen molar-refractivity contribution in [1.29, 1.82) is 0 Å². The highest BCUT2D eigenvalue weighted by molar-refractivity contribution is 7.12. The molecule has 2 rings (SSSR count). The van der Waals surface area contributed by atoms with Gasteiger partial charge in [-0.25, -0.2) is 0 Å². The van der Waals surface area contributed by atoms with Gasteiger partial charge in [-0.2, -0.15) is 0 Å². The van der Waals surface area contributed by atoms with Crippen LogP contribution in [0.3, 0.4) is 0 Å². The molecule has 2 aromatic heterocycles. The van der Waals surface area contributed by atoms with Crippen LogP contribution in [-0.4, -0.2) is 10.5 Å². The Hall–Kier alpha value is -1.55. The van der Waals surface area contributed by atoms with Crippen molar-refractivity contribution >= 4 is 17.2 Å². The second-order valence-corrected chi connectivity index (χ2v) is 4.29. The highest BCUT2D eigenvalue weighted by Crippen LogP contribution is 2.08. The summed E-state index contributed by atoms with van der Waals surface area (Å²) in [5.41, 5.74) is 1.11. The van der Waals surface area contributed by atoms with E-state index in [9.17, 15) is 4.79 Å². The fraction of sp³-hybridized carbons (Fsp3) is 0.182. The topological polar surface area (TPSA) is 34.0 Å². The maximum Gasteiger partial charge on any atom is 0.261 e. The molecule has 0 radical (unpaired) electrons. The maximum atomic E-state index is 11.6. The average Bonchev–Trinajstić information content (AvgIpc) is 2.84. The Morgan fingerprint density at radius 1 is 1.53 bits per heavy atom. The molecule has 0 fully saturated rings. The quantitative estimate of drug-likeness (QED) is 0.843. The van der Waals surface area contributed by atoms with E-state index in [1.165, 1.54) is 11.3 Å². The molecule has 15 heavy (non-hydrogen) atoms. The molecule has 0 aromatic carbocycles. The molecule has 0 saturated carbocycles. The molecule has 1 amide bonds. The first-order chi connectivity index (χ1) is 7.25. The summed E-state index contributed by atoms with van der Waals surface area (Å²) in [5.74, 6) is -0.00569. The second-order valence-electron chi connectivity index (χ2n) is 3.35. The van der Waals surface area contributed by atoms with Crippen molar-refractivity contribution in [2.75, 3.05) is 0 Å². The van der Waals surface area contributed by atoms with Crippen LogP contribution in [0.25, 0.3) is 0 Å². The van der Waals surface area contributed by atoms with Crippen LogP contribution in [-0.2, 0) is 13.6 Å². The van der Waals surface area contributed by atoms with Crippen molar-refractivity contribution in [2.45, 2.75) is 6.54 Å². The third kappa shape index (κ3) is 2.47. The first-order valence-electron chi connectivity index (χ1n) is 4.68. The van der Waals surface area contributed by atoms with Gasteiger partial charge in [0.1, 0.15) is 0 Å². The molecule has 0 aliphatic carbocycles. The number of nitrogens with zero attached hydrogens (tertiary/aromatic N) is 1. The fourth-order valence-corrected chi connectivity index (χ4v) is 1.98. The molecule has 0 unspecified atom stereocenters. The molecule has 0 saturated heterocycles. The lowest BCUT2D eigenvalue weighted by Crippen LogP contribution is -2.21. The van der Waals surface area contributed by atoms with E-state index in [1.54, 1.807) is 0 Å². The molecule has 3 nitrogen and oxygen atoms in total. The molecule has 1 N–H and O–H groups in total. The number of carbonyl (C=O) groups is 1. The number of amides is 1. The number of carbonyl (C=O) groups excluding carboxylic acids is 1. The lowest BCUT2D eigenvalue weighted by atomic mass is 10.3. The summed E-state index contributed by atoms with van der Waals surface area (Å²) in [7, 11) is 1.96. The van der Waals surface area contributed by atoms with Gasteiger partial charge in [0.2, 0.25) is 0 Å². The molecule has 2 aromatic rings. The maximum absolute atomic E-state index is 11.6. The third-order valence-corrected chi connectivity index (χ3v) is 2.96. The first kappa shape index (κ1) is 9.98. The van der Waals surface area contributed by atoms with Crippen LogP contribution in [0, 0.1) is 0 Å². The van der Waals surface area contributed by atoms with Gasteiger partial charge >= 0.3 is 0 Å². The first-order valence-corrected chi connectivity index (χ1v) is 5.56. The molecule has 4 heteroatoms. The van der Waals surface area contributed by atoms with Crippen molar-refractivity contribution in [2.24, 2.45) is 7.05 Å². The molecule has 2 heterocycles. The van der Waals surface area contributed by atoms with Gasteiger partial charge in [-0.1, -0.05) is 6.07 Å². The van der Waals surface area contributed by atoms with Crippen LogP contribution in [0.1, 0.15) is 15.2 Å². The summed E-state index contributed by atoms with van der Waals surface area (Å²) in [5, 5.41) is 4.77. The van der Waals surface area contributed by atoms with E-state index in [2.05, 4.69) is 5.32 Å². The average molecular weight is 220 g/mol. The third-order valence-electron chi connectivity index (χ3n) is 2.09. The lowest BCUT2D eigenvalue weighted by molar-refractivity contribution is 0.0955. The van der Waals surface area contributed by atoms with Crippen LogP contribution in [0.4, 0.5) is 0 Å². The molecule has 0 spiro atoms. The van der Waals surface area contributed by atoms with E-state index in [0.29, 0.717) is 6.54 Å². The van der Waals surface area contributed by atoms with E-state index in [0.717, 1.165) is 10.4 Å². The Morgan fingerprint density at radius 2 is 2.40 bits per heavy atom. The summed E-state index contributed by atoms with van der Waals surface area (Å²) in [4.78, 5) is 12.3. The fourth-order valence-electron chi connectivity index (χ4n) is 1.34. The molecule has 78 valence electrons. The number of hydrogen-bond acceptors (Lipinski definition) is 2. The summed E-state index contributed by atoms with van der Waals surface area (Å²) >= 11 is 1.45. The molecule has 0 aliphatic rings. The van der Waals surface area contributed by atoms with E-state index in [4.69, 9.17) is 0 Å². The normalized spacial score (nSPS) is 10.2. The van der Waals surface area contributed by atoms with Gasteiger partial charge in [-0.05, 0) is 23.1 Å². The minimum absolute atomic E-state index is 0.00569. The largest absolute Gasteiger partial charge is 0.357 e. The van der Waals surface area contributed by atoms with Crippen LogP contribution >= 0.6 is 11.3 Å². The zero-order chi connectivity index (χ0) is 10.7. The zero-order valence-corrected chi connectivity index (χ0v) is 9.25. The minimum Gasteiger partial charge on any atom is -0.357 e. The van der Waals surface area contributed by atoms with Crippen molar-refractivity contribution in [1.82, 2.24) is 9.88 Å². The van der Waals surface area contributed by atoms with Gasteiger partial charge in [0.25, 0.3) is 5.91 Å². The number of aromatic nitrogens is 1. The Kier molecular flexibility index (Phi) is 2.87. The smallest absolute Gasteiger partial charge is 0.261 e. The van der Waals surface area contributed by atoms with Gasteiger partial charge in [0.05, 0.1) is 4.88 Å². The minimum atomic E-state index is -0.00569. The summed E-state index contributed by atoms with van der Waals surface area (Å²) in [6.07, 6.45) is 3.96. The van der Waals surface area contributed by atoms with Gasteiger partial charge in [-0.3, -0.25) is 4.79 Å². The van der Waals surface area contributed by atoms with Crippen molar-refractivity contribution in [3.05, 3.63) is 46.4 Å². The van der Waals surface area contributed by atoms with Crippen LogP contribution in [0.2, 0.25) is 0 Å². The number of aryl methyl sites for hydroxylation is 1. The van der Waals surface area contributed by atoms with Crippen molar-refractivity contribution in [3.63, 3.8) is 0 Å². The van der Waals surface area contributed by atoms with Crippen molar-refractivity contribution < 1.29 is 4.79 Å². The predicted molar refractivity (Wildman–Crippen MR) is 60.9 cm³/mol. The predicted octanol–water partition coefficient (Wildman–Crippen LogP) is 2.02. The number of hydrogen-bond donors (Lipinski definition) is 1. The Morgan fingerprint density at radius 3 is 3.00 bits per heavy atom. The van der Waals surface area contributed by atoms with Gasteiger partial charge in [-0.15, -0.1) is 11.3 Å². The molecular formula is C11H12N2OS. The lowest BCUT2D eigenvalue weighted by Gasteiger charge is -2.00. The monoisotopic (exact) mass is 220 g/mol.